The first kappa shape index (κ1) is 14.4. The molecule has 1 N–H and O–H groups in total. The van der Waals surface area contributed by atoms with E-state index in [9.17, 15) is 8.42 Å². The molecule has 0 saturated heterocycles. The molecule has 0 heterocycles. The maximum absolute atomic E-state index is 12.0. The van der Waals surface area contributed by atoms with Crippen LogP contribution in [0.2, 0.25) is 0 Å². The van der Waals surface area contributed by atoms with Gasteiger partial charge in [-0.15, -0.1) is 11.6 Å². The Morgan fingerprint density at radius 3 is 2.71 bits per heavy atom. The van der Waals surface area contributed by atoms with E-state index in [1.165, 1.54) is 7.11 Å². The first-order chi connectivity index (χ1) is 8.01. The van der Waals surface area contributed by atoms with Crippen molar-refractivity contribution in [2.24, 2.45) is 0 Å². The fraction of sp³-hybridized carbons (Fsp3) is 0.455. The first-order valence-corrected chi connectivity index (χ1v) is 7.17. The lowest BCUT2D eigenvalue weighted by Gasteiger charge is -2.10. The van der Waals surface area contributed by atoms with E-state index in [4.69, 9.17) is 16.3 Å². The van der Waals surface area contributed by atoms with Crippen molar-refractivity contribution >= 4 is 21.6 Å². The molecule has 0 aromatic heterocycles. The Morgan fingerprint density at radius 2 is 2.12 bits per heavy atom. The second-order valence-electron chi connectivity index (χ2n) is 3.62. The lowest BCUT2D eigenvalue weighted by Crippen LogP contribution is -2.27. The summed E-state index contributed by atoms with van der Waals surface area (Å²) in [5.74, 6) is 0.293. The summed E-state index contributed by atoms with van der Waals surface area (Å²) in [5, 5.41) is 0. The van der Waals surface area contributed by atoms with Gasteiger partial charge in [0.25, 0.3) is 0 Å². The predicted octanol–water partition coefficient (Wildman–Crippen LogP) is 1.66. The predicted molar refractivity (Wildman–Crippen MR) is 67.8 cm³/mol. The molecule has 0 aliphatic rings. The van der Waals surface area contributed by atoms with Crippen LogP contribution in [0.4, 0.5) is 0 Å². The van der Waals surface area contributed by atoms with Crippen LogP contribution >= 0.6 is 11.6 Å². The second-order valence-corrected chi connectivity index (χ2v) is 5.63. The summed E-state index contributed by atoms with van der Waals surface area (Å²) in [6, 6.07) is 5.16. The maximum atomic E-state index is 12.0. The SMILES string of the molecule is COCCNS(=O)(=O)c1cc(CCl)ccc1C. The summed E-state index contributed by atoms with van der Waals surface area (Å²) in [5.41, 5.74) is 1.48. The van der Waals surface area contributed by atoms with Gasteiger partial charge in [-0.25, -0.2) is 13.1 Å². The standard InChI is InChI=1S/C11H16ClNO3S/c1-9-3-4-10(8-12)7-11(9)17(14,15)13-5-6-16-2/h3-4,7,13H,5-6,8H2,1-2H3. The molecule has 0 aliphatic heterocycles. The number of sulfonamides is 1. The van der Waals surface area contributed by atoms with Gasteiger partial charge in [-0.1, -0.05) is 12.1 Å². The van der Waals surface area contributed by atoms with Crippen molar-refractivity contribution in [2.75, 3.05) is 20.3 Å². The number of benzene rings is 1. The highest BCUT2D eigenvalue weighted by atomic mass is 35.5. The number of halogens is 1. The van der Waals surface area contributed by atoms with Crippen molar-refractivity contribution in [3.63, 3.8) is 0 Å². The van der Waals surface area contributed by atoms with Crippen LogP contribution in [0, 0.1) is 6.92 Å². The van der Waals surface area contributed by atoms with E-state index in [2.05, 4.69) is 4.72 Å². The van der Waals surface area contributed by atoms with Crippen molar-refractivity contribution in [2.45, 2.75) is 17.7 Å². The minimum absolute atomic E-state index is 0.253. The van der Waals surface area contributed by atoms with E-state index in [1.54, 1.807) is 19.1 Å². The number of alkyl halides is 1. The van der Waals surface area contributed by atoms with Crippen LogP contribution < -0.4 is 4.72 Å². The Morgan fingerprint density at radius 1 is 1.41 bits per heavy atom. The van der Waals surface area contributed by atoms with E-state index in [0.717, 1.165) is 5.56 Å². The number of aryl methyl sites for hydroxylation is 1. The van der Waals surface area contributed by atoms with Crippen LogP contribution in [-0.2, 0) is 20.6 Å². The molecular weight excluding hydrogens is 262 g/mol. The van der Waals surface area contributed by atoms with Gasteiger partial charge in [-0.2, -0.15) is 0 Å². The fourth-order valence-corrected chi connectivity index (χ4v) is 2.85. The summed E-state index contributed by atoms with van der Waals surface area (Å²) in [6.45, 7) is 2.35. The molecule has 0 atom stereocenters. The molecule has 0 aliphatic carbocycles. The number of hydrogen-bond acceptors (Lipinski definition) is 3. The van der Waals surface area contributed by atoms with Gasteiger partial charge >= 0.3 is 0 Å². The van der Waals surface area contributed by atoms with Gasteiger partial charge in [-0.3, -0.25) is 0 Å². The Labute approximate surface area is 107 Å². The summed E-state index contributed by atoms with van der Waals surface area (Å²) >= 11 is 5.69. The van der Waals surface area contributed by atoms with E-state index < -0.39 is 10.0 Å². The first-order valence-electron chi connectivity index (χ1n) is 5.15. The molecule has 0 saturated carbocycles. The zero-order chi connectivity index (χ0) is 12.9. The Balaban J connectivity index is 2.97. The fourth-order valence-electron chi connectivity index (χ4n) is 1.37. The Kier molecular flexibility index (Phi) is 5.39. The van der Waals surface area contributed by atoms with Gasteiger partial charge < -0.3 is 4.74 Å². The van der Waals surface area contributed by atoms with Crippen molar-refractivity contribution in [3.8, 4) is 0 Å². The molecule has 6 heteroatoms. The summed E-state index contributed by atoms with van der Waals surface area (Å²) in [4.78, 5) is 0.270. The Bertz CT molecular complexity index is 474. The molecule has 1 aromatic carbocycles. The minimum atomic E-state index is -3.48. The third-order valence-corrected chi connectivity index (χ3v) is 4.21. The number of methoxy groups -OCH3 is 1. The minimum Gasteiger partial charge on any atom is -0.383 e. The average molecular weight is 278 g/mol. The van der Waals surface area contributed by atoms with Gasteiger partial charge in [0.15, 0.2) is 0 Å². The summed E-state index contributed by atoms with van der Waals surface area (Å²) in [6.07, 6.45) is 0. The highest BCUT2D eigenvalue weighted by molar-refractivity contribution is 7.89. The zero-order valence-corrected chi connectivity index (χ0v) is 11.4. The molecule has 0 fully saturated rings. The van der Waals surface area contributed by atoms with Crippen LogP contribution in [0.5, 0.6) is 0 Å². The largest absolute Gasteiger partial charge is 0.383 e. The van der Waals surface area contributed by atoms with Crippen LogP contribution in [0.1, 0.15) is 11.1 Å². The highest BCUT2D eigenvalue weighted by Crippen LogP contribution is 2.17. The van der Waals surface area contributed by atoms with Crippen molar-refractivity contribution in [1.29, 1.82) is 0 Å². The molecule has 0 bridgehead atoms. The van der Waals surface area contributed by atoms with Crippen molar-refractivity contribution in [3.05, 3.63) is 29.3 Å². The van der Waals surface area contributed by atoms with Crippen LogP contribution in [0.3, 0.4) is 0 Å². The van der Waals surface area contributed by atoms with Crippen LogP contribution in [0.15, 0.2) is 23.1 Å². The van der Waals surface area contributed by atoms with Gasteiger partial charge in [0.2, 0.25) is 10.0 Å². The van der Waals surface area contributed by atoms with Crippen molar-refractivity contribution in [1.82, 2.24) is 4.72 Å². The molecular formula is C11H16ClNO3S. The molecule has 1 rings (SSSR count). The van der Waals surface area contributed by atoms with Crippen molar-refractivity contribution < 1.29 is 13.2 Å². The van der Waals surface area contributed by atoms with Crippen LogP contribution in [0.25, 0.3) is 0 Å². The third-order valence-electron chi connectivity index (χ3n) is 2.29. The van der Waals surface area contributed by atoms with Gasteiger partial charge in [0.1, 0.15) is 0 Å². The lowest BCUT2D eigenvalue weighted by atomic mass is 10.2. The average Bonchev–Trinajstić information content (AvgIpc) is 2.29. The maximum Gasteiger partial charge on any atom is 0.240 e. The van der Waals surface area contributed by atoms with E-state index >= 15 is 0 Å². The van der Waals surface area contributed by atoms with E-state index in [-0.39, 0.29) is 11.4 Å². The summed E-state index contributed by atoms with van der Waals surface area (Å²) < 4.78 is 31.2. The summed E-state index contributed by atoms with van der Waals surface area (Å²) in [7, 11) is -1.96. The third kappa shape index (κ3) is 3.96. The lowest BCUT2D eigenvalue weighted by molar-refractivity contribution is 0.204. The second kappa shape index (κ2) is 6.35. The topological polar surface area (TPSA) is 55.4 Å². The molecule has 4 nitrogen and oxygen atoms in total. The monoisotopic (exact) mass is 277 g/mol. The number of hydrogen-bond donors (Lipinski definition) is 1. The smallest absolute Gasteiger partial charge is 0.240 e. The van der Waals surface area contributed by atoms with Gasteiger partial charge in [-0.05, 0) is 24.1 Å². The molecule has 0 amide bonds. The molecule has 0 spiro atoms. The van der Waals surface area contributed by atoms with E-state index in [1.807, 2.05) is 6.07 Å². The number of nitrogens with one attached hydrogen (secondary N) is 1. The number of ether oxygens (including phenoxy) is 1. The van der Waals surface area contributed by atoms with Gasteiger partial charge in [0, 0.05) is 19.5 Å². The zero-order valence-electron chi connectivity index (χ0n) is 9.86. The Hall–Kier alpha value is -0.620. The van der Waals surface area contributed by atoms with Gasteiger partial charge in [0.05, 0.1) is 11.5 Å². The molecule has 17 heavy (non-hydrogen) atoms. The quantitative estimate of drug-likeness (QED) is 0.636. The molecule has 96 valence electrons. The number of rotatable bonds is 6. The molecule has 0 unspecified atom stereocenters. The molecule has 0 radical (unpaired) electrons. The normalized spacial score (nSPS) is 11.7. The van der Waals surface area contributed by atoms with Crippen LogP contribution in [-0.4, -0.2) is 28.7 Å². The molecule has 1 aromatic rings. The van der Waals surface area contributed by atoms with E-state index in [0.29, 0.717) is 18.1 Å². The highest BCUT2D eigenvalue weighted by Gasteiger charge is 2.16.